The lowest BCUT2D eigenvalue weighted by Crippen LogP contribution is -2.50. The molecular weight excluding hydrogens is 318 g/mol. The SMILES string of the molecule is COC(=O)c1ncsc1S(=O)(=O)N1CCCCC1C(N)=O. The van der Waals surface area contributed by atoms with Crippen LogP contribution in [0.15, 0.2) is 9.72 Å². The van der Waals surface area contributed by atoms with Gasteiger partial charge in [0.1, 0.15) is 6.04 Å². The summed E-state index contributed by atoms with van der Waals surface area (Å²) in [6.07, 6.45) is 1.74. The van der Waals surface area contributed by atoms with Gasteiger partial charge in [-0.2, -0.15) is 4.31 Å². The van der Waals surface area contributed by atoms with Crippen LogP contribution in [-0.2, 0) is 19.6 Å². The Bertz CT molecular complexity index is 655. The van der Waals surface area contributed by atoms with Gasteiger partial charge in [-0.3, -0.25) is 4.79 Å². The van der Waals surface area contributed by atoms with Crippen molar-refractivity contribution < 1.29 is 22.7 Å². The molecule has 1 aromatic heterocycles. The first-order chi connectivity index (χ1) is 9.89. The van der Waals surface area contributed by atoms with Crippen LogP contribution >= 0.6 is 11.3 Å². The maximum atomic E-state index is 12.7. The number of carbonyl (C=O) groups excluding carboxylic acids is 2. The Hall–Kier alpha value is -1.52. The molecule has 21 heavy (non-hydrogen) atoms. The van der Waals surface area contributed by atoms with E-state index in [0.717, 1.165) is 29.2 Å². The van der Waals surface area contributed by atoms with Gasteiger partial charge in [0.2, 0.25) is 5.91 Å². The number of nitrogens with two attached hydrogens (primary N) is 1. The monoisotopic (exact) mass is 333 g/mol. The minimum atomic E-state index is -4.01. The first-order valence-electron chi connectivity index (χ1n) is 6.22. The lowest BCUT2D eigenvalue weighted by Gasteiger charge is -2.32. The lowest BCUT2D eigenvalue weighted by atomic mass is 10.0. The molecule has 0 saturated carbocycles. The Morgan fingerprint density at radius 1 is 1.48 bits per heavy atom. The van der Waals surface area contributed by atoms with Crippen molar-refractivity contribution in [2.75, 3.05) is 13.7 Å². The Morgan fingerprint density at radius 3 is 2.81 bits per heavy atom. The second-order valence-corrected chi connectivity index (χ2v) is 7.45. The summed E-state index contributed by atoms with van der Waals surface area (Å²) in [5, 5.41) is 0. The zero-order valence-electron chi connectivity index (χ0n) is 11.3. The van der Waals surface area contributed by atoms with Crippen molar-refractivity contribution >= 4 is 33.2 Å². The number of primary amides is 1. The van der Waals surface area contributed by atoms with Gasteiger partial charge in [0.15, 0.2) is 9.90 Å². The third-order valence-corrected chi connectivity index (χ3v) is 6.49. The van der Waals surface area contributed by atoms with Crippen molar-refractivity contribution in [2.24, 2.45) is 5.73 Å². The average molecular weight is 333 g/mol. The van der Waals surface area contributed by atoms with E-state index in [9.17, 15) is 18.0 Å². The van der Waals surface area contributed by atoms with Crippen LogP contribution < -0.4 is 5.73 Å². The Balaban J connectivity index is 2.44. The van der Waals surface area contributed by atoms with E-state index in [2.05, 4.69) is 9.72 Å². The van der Waals surface area contributed by atoms with E-state index in [0.29, 0.717) is 12.8 Å². The van der Waals surface area contributed by atoms with Gasteiger partial charge < -0.3 is 10.5 Å². The highest BCUT2D eigenvalue weighted by Crippen LogP contribution is 2.29. The number of rotatable bonds is 4. The maximum Gasteiger partial charge on any atom is 0.358 e. The molecule has 8 nitrogen and oxygen atoms in total. The van der Waals surface area contributed by atoms with Crippen LogP contribution in [0.1, 0.15) is 29.8 Å². The average Bonchev–Trinajstić information content (AvgIpc) is 2.96. The van der Waals surface area contributed by atoms with Crippen LogP contribution in [0.5, 0.6) is 0 Å². The third-order valence-electron chi connectivity index (χ3n) is 3.24. The molecule has 1 amide bonds. The highest BCUT2D eigenvalue weighted by Gasteiger charge is 2.39. The molecule has 0 radical (unpaired) electrons. The molecule has 10 heteroatoms. The van der Waals surface area contributed by atoms with Crippen molar-refractivity contribution in [2.45, 2.75) is 29.5 Å². The summed E-state index contributed by atoms with van der Waals surface area (Å²) in [5.74, 6) is -1.52. The molecule has 1 unspecified atom stereocenters. The van der Waals surface area contributed by atoms with Gasteiger partial charge in [0.25, 0.3) is 10.0 Å². The fourth-order valence-corrected chi connectivity index (χ4v) is 5.15. The van der Waals surface area contributed by atoms with Crippen molar-refractivity contribution in [1.82, 2.24) is 9.29 Å². The fourth-order valence-electron chi connectivity index (χ4n) is 2.23. The van der Waals surface area contributed by atoms with E-state index in [1.807, 2.05) is 0 Å². The van der Waals surface area contributed by atoms with E-state index in [1.165, 1.54) is 5.51 Å². The number of nitrogens with zero attached hydrogens (tertiary/aromatic N) is 2. The predicted molar refractivity (Wildman–Crippen MR) is 74.2 cm³/mol. The molecule has 116 valence electrons. The number of hydrogen-bond acceptors (Lipinski definition) is 7. The summed E-state index contributed by atoms with van der Waals surface area (Å²) in [5.41, 5.74) is 6.27. The minimum absolute atomic E-state index is 0.189. The van der Waals surface area contributed by atoms with E-state index >= 15 is 0 Å². The van der Waals surface area contributed by atoms with Crippen LogP contribution in [0.3, 0.4) is 0 Å². The lowest BCUT2D eigenvalue weighted by molar-refractivity contribution is -0.122. The van der Waals surface area contributed by atoms with Gasteiger partial charge in [-0.05, 0) is 12.8 Å². The molecule has 2 rings (SSSR count). The minimum Gasteiger partial charge on any atom is -0.464 e. The first-order valence-corrected chi connectivity index (χ1v) is 8.54. The Morgan fingerprint density at radius 2 is 2.19 bits per heavy atom. The summed E-state index contributed by atoms with van der Waals surface area (Å²) in [4.78, 5) is 26.8. The number of methoxy groups -OCH3 is 1. The molecular formula is C11H15N3O5S2. The molecule has 0 spiro atoms. The summed E-state index contributed by atoms with van der Waals surface area (Å²) < 4.78 is 30.7. The van der Waals surface area contributed by atoms with E-state index < -0.39 is 27.9 Å². The predicted octanol–water partition coefficient (Wildman–Crippen LogP) is -0.0418. The van der Waals surface area contributed by atoms with Crippen LogP contribution in [0, 0.1) is 0 Å². The van der Waals surface area contributed by atoms with Gasteiger partial charge in [-0.1, -0.05) is 6.42 Å². The first kappa shape index (κ1) is 15.9. The van der Waals surface area contributed by atoms with Crippen molar-refractivity contribution in [1.29, 1.82) is 0 Å². The number of carbonyl (C=O) groups is 2. The Labute approximate surface area is 126 Å². The molecule has 0 bridgehead atoms. The summed E-state index contributed by atoms with van der Waals surface area (Å²) in [6.45, 7) is 0.189. The quantitative estimate of drug-likeness (QED) is 0.772. The topological polar surface area (TPSA) is 120 Å². The molecule has 1 fully saturated rings. The summed E-state index contributed by atoms with van der Waals surface area (Å²) in [7, 11) is -2.87. The molecule has 1 aliphatic rings. The zero-order valence-corrected chi connectivity index (χ0v) is 12.9. The number of piperidine rings is 1. The number of esters is 1. The molecule has 2 heterocycles. The zero-order chi connectivity index (χ0) is 15.6. The van der Waals surface area contributed by atoms with Gasteiger partial charge >= 0.3 is 5.97 Å². The maximum absolute atomic E-state index is 12.7. The van der Waals surface area contributed by atoms with Crippen molar-refractivity contribution in [3.8, 4) is 0 Å². The Kier molecular flexibility index (Phi) is 4.59. The van der Waals surface area contributed by atoms with E-state index in [1.54, 1.807) is 0 Å². The van der Waals surface area contributed by atoms with Gasteiger partial charge in [0, 0.05) is 6.54 Å². The molecule has 1 atom stereocenters. The van der Waals surface area contributed by atoms with Crippen LogP contribution in [-0.4, -0.2) is 49.3 Å². The van der Waals surface area contributed by atoms with Gasteiger partial charge in [0.05, 0.1) is 12.6 Å². The van der Waals surface area contributed by atoms with Crippen LogP contribution in [0.25, 0.3) is 0 Å². The summed E-state index contributed by atoms with van der Waals surface area (Å²) in [6, 6.07) is -0.892. The smallest absolute Gasteiger partial charge is 0.358 e. The molecule has 0 aromatic carbocycles. The highest BCUT2D eigenvalue weighted by atomic mass is 32.2. The standard InChI is InChI=1S/C11H15N3O5S2/c1-19-10(16)8-11(20-6-13-8)21(17,18)14-5-3-2-4-7(14)9(12)15/h6-7H,2-5H2,1H3,(H2,12,15). The number of sulfonamides is 1. The number of thiazole rings is 1. The molecule has 1 aliphatic heterocycles. The molecule has 0 aliphatic carbocycles. The number of aromatic nitrogens is 1. The third kappa shape index (κ3) is 2.92. The van der Waals surface area contributed by atoms with E-state index in [-0.39, 0.29) is 16.4 Å². The largest absolute Gasteiger partial charge is 0.464 e. The summed E-state index contributed by atoms with van der Waals surface area (Å²) >= 11 is 0.814. The van der Waals surface area contributed by atoms with Crippen molar-refractivity contribution in [3.05, 3.63) is 11.2 Å². The normalized spacial score (nSPS) is 20.1. The van der Waals surface area contributed by atoms with Gasteiger partial charge in [-0.15, -0.1) is 11.3 Å². The molecule has 1 aromatic rings. The fraction of sp³-hybridized carbons (Fsp3) is 0.545. The highest BCUT2D eigenvalue weighted by molar-refractivity contribution is 7.91. The number of ether oxygens (including phenoxy) is 1. The van der Waals surface area contributed by atoms with Crippen molar-refractivity contribution in [3.63, 3.8) is 0 Å². The van der Waals surface area contributed by atoms with Crippen LogP contribution in [0.2, 0.25) is 0 Å². The van der Waals surface area contributed by atoms with Gasteiger partial charge in [-0.25, -0.2) is 18.2 Å². The van der Waals surface area contributed by atoms with Crippen LogP contribution in [0.4, 0.5) is 0 Å². The molecule has 1 saturated heterocycles. The number of amides is 1. The second-order valence-electron chi connectivity index (χ2n) is 4.51. The second kappa shape index (κ2) is 6.08. The number of hydrogen-bond donors (Lipinski definition) is 1. The molecule has 2 N–H and O–H groups in total. The van der Waals surface area contributed by atoms with E-state index in [4.69, 9.17) is 5.73 Å².